The SMILES string of the molecule is NCC(NC(=O)CCCc1ncc(-c2ccccc2)o1)C1CC1. The highest BCUT2D eigenvalue weighted by Crippen LogP contribution is 2.32. The van der Waals surface area contributed by atoms with Crippen molar-refractivity contribution in [3.05, 3.63) is 42.4 Å². The molecule has 1 aromatic heterocycles. The van der Waals surface area contributed by atoms with Gasteiger partial charge in [0.2, 0.25) is 5.91 Å². The molecule has 5 heteroatoms. The lowest BCUT2D eigenvalue weighted by Gasteiger charge is -2.15. The summed E-state index contributed by atoms with van der Waals surface area (Å²) >= 11 is 0. The van der Waals surface area contributed by atoms with E-state index in [9.17, 15) is 4.79 Å². The number of rotatable bonds is 8. The van der Waals surface area contributed by atoms with Crippen molar-refractivity contribution in [2.24, 2.45) is 11.7 Å². The van der Waals surface area contributed by atoms with Crippen LogP contribution in [0.4, 0.5) is 0 Å². The van der Waals surface area contributed by atoms with Gasteiger partial charge in [-0.2, -0.15) is 0 Å². The molecule has 2 aromatic rings. The molecule has 3 N–H and O–H groups in total. The molecule has 1 aromatic carbocycles. The summed E-state index contributed by atoms with van der Waals surface area (Å²) in [4.78, 5) is 16.2. The smallest absolute Gasteiger partial charge is 0.220 e. The number of aromatic nitrogens is 1. The molecule has 5 nitrogen and oxygen atoms in total. The van der Waals surface area contributed by atoms with Crippen LogP contribution in [0.15, 0.2) is 40.9 Å². The summed E-state index contributed by atoms with van der Waals surface area (Å²) in [6.45, 7) is 0.524. The fourth-order valence-corrected chi connectivity index (χ4v) is 2.71. The maximum atomic E-state index is 11.9. The van der Waals surface area contributed by atoms with Gasteiger partial charge in [-0.3, -0.25) is 4.79 Å². The number of hydrogen-bond acceptors (Lipinski definition) is 4. The second-order valence-corrected chi connectivity index (χ2v) is 6.08. The van der Waals surface area contributed by atoms with E-state index in [2.05, 4.69) is 10.3 Å². The zero-order chi connectivity index (χ0) is 16.1. The highest BCUT2D eigenvalue weighted by atomic mass is 16.4. The van der Waals surface area contributed by atoms with Gasteiger partial charge >= 0.3 is 0 Å². The van der Waals surface area contributed by atoms with Crippen LogP contribution in [0, 0.1) is 5.92 Å². The van der Waals surface area contributed by atoms with Crippen molar-refractivity contribution < 1.29 is 9.21 Å². The quantitative estimate of drug-likeness (QED) is 0.784. The van der Waals surface area contributed by atoms with Crippen molar-refractivity contribution in [2.75, 3.05) is 6.54 Å². The Morgan fingerprint density at radius 2 is 2.13 bits per heavy atom. The Morgan fingerprint density at radius 3 is 2.83 bits per heavy atom. The Kier molecular flexibility index (Phi) is 5.08. The average Bonchev–Trinajstić information content (AvgIpc) is 3.32. The van der Waals surface area contributed by atoms with Crippen LogP contribution in [0.5, 0.6) is 0 Å². The van der Waals surface area contributed by atoms with E-state index >= 15 is 0 Å². The Morgan fingerprint density at radius 1 is 1.35 bits per heavy atom. The van der Waals surface area contributed by atoms with E-state index in [4.69, 9.17) is 10.2 Å². The fourth-order valence-electron chi connectivity index (χ4n) is 2.71. The van der Waals surface area contributed by atoms with Gasteiger partial charge in [0.05, 0.1) is 6.20 Å². The molecule has 1 fully saturated rings. The number of hydrogen-bond donors (Lipinski definition) is 2. The van der Waals surface area contributed by atoms with Crippen molar-refractivity contribution in [3.63, 3.8) is 0 Å². The van der Waals surface area contributed by atoms with Gasteiger partial charge in [0.1, 0.15) is 0 Å². The van der Waals surface area contributed by atoms with Crippen LogP contribution in [0.3, 0.4) is 0 Å². The van der Waals surface area contributed by atoms with Crippen molar-refractivity contribution in [2.45, 2.75) is 38.1 Å². The molecule has 1 atom stereocenters. The largest absolute Gasteiger partial charge is 0.441 e. The fraction of sp³-hybridized carbons (Fsp3) is 0.444. The second-order valence-electron chi connectivity index (χ2n) is 6.08. The molecule has 1 aliphatic rings. The average molecular weight is 313 g/mol. The Labute approximate surface area is 136 Å². The zero-order valence-electron chi connectivity index (χ0n) is 13.2. The number of nitrogens with two attached hydrogens (primary N) is 1. The predicted molar refractivity (Wildman–Crippen MR) is 88.6 cm³/mol. The lowest BCUT2D eigenvalue weighted by atomic mass is 10.1. The molecule has 1 amide bonds. The van der Waals surface area contributed by atoms with Gasteiger partial charge in [-0.05, 0) is 25.2 Å². The number of nitrogens with zero attached hydrogens (tertiary/aromatic N) is 1. The third kappa shape index (κ3) is 4.42. The van der Waals surface area contributed by atoms with Gasteiger partial charge in [0, 0.05) is 31.0 Å². The topological polar surface area (TPSA) is 81.1 Å². The maximum absolute atomic E-state index is 11.9. The minimum Gasteiger partial charge on any atom is -0.441 e. The van der Waals surface area contributed by atoms with Crippen molar-refractivity contribution in [1.29, 1.82) is 0 Å². The number of carbonyl (C=O) groups excluding carboxylic acids is 1. The molecule has 23 heavy (non-hydrogen) atoms. The number of carbonyl (C=O) groups is 1. The summed E-state index contributed by atoms with van der Waals surface area (Å²) in [6, 6.07) is 10.0. The molecule has 3 rings (SSSR count). The summed E-state index contributed by atoms with van der Waals surface area (Å²) in [6.07, 6.45) is 5.97. The van der Waals surface area contributed by atoms with E-state index in [1.54, 1.807) is 6.20 Å². The van der Waals surface area contributed by atoms with Gasteiger partial charge in [0.25, 0.3) is 0 Å². The third-order valence-corrected chi connectivity index (χ3v) is 4.20. The van der Waals surface area contributed by atoms with Crippen molar-refractivity contribution >= 4 is 5.91 Å². The molecule has 122 valence electrons. The zero-order valence-corrected chi connectivity index (χ0v) is 13.2. The van der Waals surface area contributed by atoms with E-state index in [0.29, 0.717) is 31.2 Å². The number of benzene rings is 1. The Balaban J connectivity index is 1.44. The first-order valence-corrected chi connectivity index (χ1v) is 8.26. The molecular weight excluding hydrogens is 290 g/mol. The molecule has 1 saturated carbocycles. The first-order valence-electron chi connectivity index (χ1n) is 8.26. The van der Waals surface area contributed by atoms with E-state index in [1.165, 1.54) is 12.8 Å². The molecule has 1 heterocycles. The van der Waals surface area contributed by atoms with Crippen LogP contribution < -0.4 is 11.1 Å². The number of oxazole rings is 1. The molecule has 0 aliphatic heterocycles. The highest BCUT2D eigenvalue weighted by Gasteiger charge is 2.30. The standard InChI is InChI=1S/C18H23N3O2/c19-11-15(13-9-10-13)21-17(22)7-4-8-18-20-12-16(23-18)14-5-2-1-3-6-14/h1-3,5-6,12-13,15H,4,7-11,19H2,(H,21,22). The Hall–Kier alpha value is -2.14. The van der Waals surface area contributed by atoms with Crippen LogP contribution >= 0.6 is 0 Å². The monoisotopic (exact) mass is 313 g/mol. The summed E-state index contributed by atoms with van der Waals surface area (Å²) in [5.74, 6) is 2.10. The third-order valence-electron chi connectivity index (χ3n) is 4.20. The molecule has 0 saturated heterocycles. The summed E-state index contributed by atoms with van der Waals surface area (Å²) in [5, 5.41) is 3.03. The molecule has 0 bridgehead atoms. The van der Waals surface area contributed by atoms with E-state index < -0.39 is 0 Å². The van der Waals surface area contributed by atoms with Gasteiger partial charge in [-0.25, -0.2) is 4.98 Å². The van der Waals surface area contributed by atoms with Crippen molar-refractivity contribution in [1.82, 2.24) is 10.3 Å². The van der Waals surface area contributed by atoms with Crippen LogP contribution in [-0.4, -0.2) is 23.5 Å². The van der Waals surface area contributed by atoms with Gasteiger partial charge in [-0.1, -0.05) is 30.3 Å². The second kappa shape index (κ2) is 7.42. The van der Waals surface area contributed by atoms with Gasteiger partial charge < -0.3 is 15.5 Å². The number of amides is 1. The van der Waals surface area contributed by atoms with Crippen LogP contribution in [0.25, 0.3) is 11.3 Å². The molecule has 0 spiro atoms. The van der Waals surface area contributed by atoms with E-state index in [0.717, 1.165) is 17.7 Å². The Bertz CT molecular complexity index is 635. The molecular formula is C18H23N3O2. The highest BCUT2D eigenvalue weighted by molar-refractivity contribution is 5.76. The number of aryl methyl sites for hydroxylation is 1. The molecule has 1 aliphatic carbocycles. The van der Waals surface area contributed by atoms with Crippen LogP contribution in [-0.2, 0) is 11.2 Å². The normalized spacial score (nSPS) is 15.3. The lowest BCUT2D eigenvalue weighted by molar-refractivity contribution is -0.122. The minimum absolute atomic E-state index is 0.0715. The first kappa shape index (κ1) is 15.7. The first-order chi connectivity index (χ1) is 11.3. The van der Waals surface area contributed by atoms with Crippen LogP contribution in [0.2, 0.25) is 0 Å². The van der Waals surface area contributed by atoms with E-state index in [1.807, 2.05) is 30.3 Å². The van der Waals surface area contributed by atoms with Crippen LogP contribution in [0.1, 0.15) is 31.6 Å². The summed E-state index contributed by atoms with van der Waals surface area (Å²) in [7, 11) is 0. The summed E-state index contributed by atoms with van der Waals surface area (Å²) < 4.78 is 5.74. The predicted octanol–water partition coefficient (Wildman–Crippen LogP) is 2.52. The molecule has 1 unspecified atom stereocenters. The summed E-state index contributed by atoms with van der Waals surface area (Å²) in [5.41, 5.74) is 6.71. The number of nitrogens with one attached hydrogen (secondary N) is 1. The van der Waals surface area contributed by atoms with Crippen molar-refractivity contribution in [3.8, 4) is 11.3 Å². The van der Waals surface area contributed by atoms with E-state index in [-0.39, 0.29) is 11.9 Å². The van der Waals surface area contributed by atoms with Gasteiger partial charge in [0.15, 0.2) is 11.7 Å². The molecule has 0 radical (unpaired) electrons. The maximum Gasteiger partial charge on any atom is 0.220 e. The minimum atomic E-state index is 0.0715. The van der Waals surface area contributed by atoms with Gasteiger partial charge in [-0.15, -0.1) is 0 Å². The lowest BCUT2D eigenvalue weighted by Crippen LogP contribution is -2.41.